The third-order valence-corrected chi connectivity index (χ3v) is 2.23. The summed E-state index contributed by atoms with van der Waals surface area (Å²) in [5, 5.41) is 2.65. The van der Waals surface area contributed by atoms with E-state index in [-0.39, 0.29) is 23.9 Å². The maximum atomic E-state index is 11.6. The minimum absolute atomic E-state index is 0.0147. The second-order valence-electron chi connectivity index (χ2n) is 3.66. The third-order valence-electron chi connectivity index (χ3n) is 2.23. The summed E-state index contributed by atoms with van der Waals surface area (Å²) in [6.45, 7) is 6.18. The number of rotatable bonds is 1. The van der Waals surface area contributed by atoms with E-state index in [1.165, 1.54) is 0 Å². The number of amides is 2. The molecule has 74 valence electrons. The lowest BCUT2D eigenvalue weighted by Crippen LogP contribution is -2.45. The normalized spacial score (nSPS) is 24.6. The van der Waals surface area contributed by atoms with Gasteiger partial charge in [0.25, 0.3) is 0 Å². The first kappa shape index (κ1) is 10.0. The molecule has 1 fully saturated rings. The van der Waals surface area contributed by atoms with Crippen LogP contribution in [0.1, 0.15) is 27.2 Å². The van der Waals surface area contributed by atoms with E-state index < -0.39 is 0 Å². The van der Waals surface area contributed by atoms with Crippen molar-refractivity contribution in [1.29, 1.82) is 0 Å². The molecule has 1 rings (SSSR count). The number of hydrogen-bond acceptors (Lipinski definition) is 2. The molecule has 1 N–H and O–H groups in total. The first-order valence-corrected chi connectivity index (χ1v) is 4.62. The Kier molecular flexibility index (Phi) is 2.90. The SMILES string of the molecule is CC1NC(=O)CCN(C(C)C)C1=O. The molecular formula is C9H16N2O2. The average Bonchev–Trinajstić information content (AvgIpc) is 2.13. The van der Waals surface area contributed by atoms with Gasteiger partial charge in [-0.1, -0.05) is 0 Å². The Hall–Kier alpha value is -1.06. The van der Waals surface area contributed by atoms with Gasteiger partial charge >= 0.3 is 0 Å². The highest BCUT2D eigenvalue weighted by molar-refractivity contribution is 5.89. The van der Waals surface area contributed by atoms with Crippen molar-refractivity contribution >= 4 is 11.8 Å². The number of nitrogens with one attached hydrogen (secondary N) is 1. The zero-order valence-corrected chi connectivity index (χ0v) is 8.33. The molecule has 1 unspecified atom stereocenters. The summed E-state index contributed by atoms with van der Waals surface area (Å²) in [6, 6.07) is -0.208. The first-order chi connectivity index (χ1) is 6.02. The van der Waals surface area contributed by atoms with Gasteiger partial charge in [-0.3, -0.25) is 9.59 Å². The molecule has 13 heavy (non-hydrogen) atoms. The van der Waals surface area contributed by atoms with E-state index in [2.05, 4.69) is 5.32 Å². The molecule has 4 nitrogen and oxygen atoms in total. The standard InChI is InChI=1S/C9H16N2O2/c1-6(2)11-5-4-8(12)10-7(3)9(11)13/h6-7H,4-5H2,1-3H3,(H,10,12). The quantitative estimate of drug-likeness (QED) is 0.630. The molecule has 0 aromatic carbocycles. The largest absolute Gasteiger partial charge is 0.345 e. The highest BCUT2D eigenvalue weighted by Crippen LogP contribution is 2.07. The second kappa shape index (κ2) is 3.77. The minimum Gasteiger partial charge on any atom is -0.345 e. The van der Waals surface area contributed by atoms with Crippen molar-refractivity contribution < 1.29 is 9.59 Å². The summed E-state index contributed by atoms with van der Waals surface area (Å²) in [4.78, 5) is 24.5. The molecule has 2 amide bonds. The van der Waals surface area contributed by atoms with Crippen molar-refractivity contribution in [3.8, 4) is 0 Å². The number of carbonyl (C=O) groups excluding carboxylic acids is 2. The fourth-order valence-electron chi connectivity index (χ4n) is 1.47. The van der Waals surface area contributed by atoms with Crippen LogP contribution in [-0.2, 0) is 9.59 Å². The van der Waals surface area contributed by atoms with E-state index in [0.29, 0.717) is 13.0 Å². The summed E-state index contributed by atoms with van der Waals surface area (Å²) in [5.74, 6) is -0.0233. The van der Waals surface area contributed by atoms with E-state index in [1.54, 1.807) is 11.8 Å². The summed E-state index contributed by atoms with van der Waals surface area (Å²) in [7, 11) is 0. The molecule has 1 heterocycles. The topological polar surface area (TPSA) is 49.4 Å². The van der Waals surface area contributed by atoms with Gasteiger partial charge in [0.15, 0.2) is 0 Å². The highest BCUT2D eigenvalue weighted by Gasteiger charge is 2.27. The van der Waals surface area contributed by atoms with Crippen LogP contribution in [0.4, 0.5) is 0 Å². The van der Waals surface area contributed by atoms with Gasteiger partial charge in [0, 0.05) is 19.0 Å². The smallest absolute Gasteiger partial charge is 0.245 e. The van der Waals surface area contributed by atoms with E-state index in [0.717, 1.165) is 0 Å². The van der Waals surface area contributed by atoms with Gasteiger partial charge in [0.1, 0.15) is 6.04 Å². The van der Waals surface area contributed by atoms with Crippen molar-refractivity contribution in [2.24, 2.45) is 0 Å². The average molecular weight is 184 g/mol. The van der Waals surface area contributed by atoms with Crippen LogP contribution in [-0.4, -0.2) is 35.3 Å². The molecule has 0 aliphatic carbocycles. The molecule has 0 aromatic rings. The minimum atomic E-state index is -0.377. The lowest BCUT2D eigenvalue weighted by atomic mass is 10.2. The monoisotopic (exact) mass is 184 g/mol. The zero-order valence-electron chi connectivity index (χ0n) is 8.33. The summed E-state index contributed by atoms with van der Waals surface area (Å²) in [5.41, 5.74) is 0. The Morgan fingerprint density at radius 1 is 1.46 bits per heavy atom. The molecule has 0 spiro atoms. The lowest BCUT2D eigenvalue weighted by Gasteiger charge is -2.26. The van der Waals surface area contributed by atoms with Crippen LogP contribution in [0.15, 0.2) is 0 Å². The Morgan fingerprint density at radius 3 is 2.62 bits per heavy atom. The summed E-state index contributed by atoms with van der Waals surface area (Å²) >= 11 is 0. The van der Waals surface area contributed by atoms with Gasteiger partial charge in [0.2, 0.25) is 11.8 Å². The molecule has 1 saturated heterocycles. The number of hydrogen-bond donors (Lipinski definition) is 1. The Labute approximate surface area is 78.3 Å². The van der Waals surface area contributed by atoms with Crippen molar-refractivity contribution in [2.75, 3.05) is 6.54 Å². The molecule has 1 atom stereocenters. The van der Waals surface area contributed by atoms with Crippen LogP contribution < -0.4 is 5.32 Å². The van der Waals surface area contributed by atoms with Gasteiger partial charge in [-0.15, -0.1) is 0 Å². The molecule has 0 radical (unpaired) electrons. The molecule has 1 aliphatic heterocycles. The predicted octanol–water partition coefficient (Wildman–Crippen LogP) is 0.132. The molecule has 4 heteroatoms. The van der Waals surface area contributed by atoms with E-state index in [4.69, 9.17) is 0 Å². The maximum absolute atomic E-state index is 11.6. The van der Waals surface area contributed by atoms with Crippen LogP contribution in [0.3, 0.4) is 0 Å². The van der Waals surface area contributed by atoms with Crippen LogP contribution in [0.5, 0.6) is 0 Å². The fourth-order valence-corrected chi connectivity index (χ4v) is 1.47. The van der Waals surface area contributed by atoms with Crippen molar-refractivity contribution in [2.45, 2.75) is 39.3 Å². The third kappa shape index (κ3) is 2.20. The molecule has 0 bridgehead atoms. The predicted molar refractivity (Wildman–Crippen MR) is 49.1 cm³/mol. The molecule has 0 saturated carbocycles. The van der Waals surface area contributed by atoms with Crippen molar-refractivity contribution in [3.05, 3.63) is 0 Å². The van der Waals surface area contributed by atoms with Gasteiger partial charge in [-0.25, -0.2) is 0 Å². The molecule has 1 aliphatic rings. The van der Waals surface area contributed by atoms with E-state index in [1.807, 2.05) is 13.8 Å². The number of nitrogens with zero attached hydrogens (tertiary/aromatic N) is 1. The van der Waals surface area contributed by atoms with E-state index >= 15 is 0 Å². The number of carbonyl (C=O) groups is 2. The summed E-state index contributed by atoms with van der Waals surface area (Å²) in [6.07, 6.45) is 0.411. The maximum Gasteiger partial charge on any atom is 0.245 e. The Bertz CT molecular complexity index is 226. The van der Waals surface area contributed by atoms with Gasteiger partial charge < -0.3 is 10.2 Å². The van der Waals surface area contributed by atoms with Gasteiger partial charge in [-0.2, -0.15) is 0 Å². The van der Waals surface area contributed by atoms with Crippen LogP contribution in [0.25, 0.3) is 0 Å². The Morgan fingerprint density at radius 2 is 2.08 bits per heavy atom. The van der Waals surface area contributed by atoms with Crippen molar-refractivity contribution in [3.63, 3.8) is 0 Å². The summed E-state index contributed by atoms with van der Waals surface area (Å²) < 4.78 is 0. The molecular weight excluding hydrogens is 168 g/mol. The van der Waals surface area contributed by atoms with Gasteiger partial charge in [-0.05, 0) is 20.8 Å². The van der Waals surface area contributed by atoms with Crippen LogP contribution >= 0.6 is 0 Å². The highest BCUT2D eigenvalue weighted by atomic mass is 16.2. The first-order valence-electron chi connectivity index (χ1n) is 4.62. The Balaban J connectivity index is 2.75. The van der Waals surface area contributed by atoms with Crippen molar-refractivity contribution in [1.82, 2.24) is 10.2 Å². The fraction of sp³-hybridized carbons (Fsp3) is 0.778. The second-order valence-corrected chi connectivity index (χ2v) is 3.66. The zero-order chi connectivity index (χ0) is 10.0. The van der Waals surface area contributed by atoms with Crippen LogP contribution in [0, 0.1) is 0 Å². The van der Waals surface area contributed by atoms with Gasteiger partial charge in [0.05, 0.1) is 0 Å². The van der Waals surface area contributed by atoms with E-state index in [9.17, 15) is 9.59 Å². The lowest BCUT2D eigenvalue weighted by molar-refractivity contribution is -0.134. The molecule has 0 aromatic heterocycles. The van der Waals surface area contributed by atoms with Crippen LogP contribution in [0.2, 0.25) is 0 Å².